The highest BCUT2D eigenvalue weighted by atomic mass is 32.2. The van der Waals surface area contributed by atoms with Crippen molar-refractivity contribution in [3.05, 3.63) is 75.2 Å². The number of carbonyl (C=O) groups is 2. The highest BCUT2D eigenvalue weighted by Crippen LogP contribution is 2.24. The second kappa shape index (κ2) is 10.4. The van der Waals surface area contributed by atoms with E-state index in [4.69, 9.17) is 4.74 Å². The molecule has 0 radical (unpaired) electrons. The summed E-state index contributed by atoms with van der Waals surface area (Å²) < 4.78 is 5.18. The summed E-state index contributed by atoms with van der Waals surface area (Å²) >= 11 is 3.30. The lowest BCUT2D eigenvalue weighted by molar-refractivity contribution is -0.119. The van der Waals surface area contributed by atoms with Gasteiger partial charge in [-0.2, -0.15) is 0 Å². The van der Waals surface area contributed by atoms with Crippen LogP contribution in [0.5, 0.6) is 0 Å². The van der Waals surface area contributed by atoms with Gasteiger partial charge in [0.25, 0.3) is 5.91 Å². The number of thiazole rings is 1. The first kappa shape index (κ1) is 22.1. The Bertz CT molecular complexity index is 1030. The molecule has 1 N–H and O–H groups in total. The Balaban J connectivity index is 1.50. The lowest BCUT2D eigenvalue weighted by Gasteiger charge is -2.13. The van der Waals surface area contributed by atoms with Crippen LogP contribution in [0.4, 0.5) is 5.69 Å². The number of amides is 1. The molecule has 30 heavy (non-hydrogen) atoms. The van der Waals surface area contributed by atoms with E-state index in [1.807, 2.05) is 51.1 Å². The Morgan fingerprint density at radius 1 is 1.13 bits per heavy atom. The van der Waals surface area contributed by atoms with Crippen molar-refractivity contribution in [3.63, 3.8) is 0 Å². The molecule has 3 aromatic rings. The molecule has 2 aromatic carbocycles. The number of esters is 1. The van der Waals surface area contributed by atoms with Crippen LogP contribution in [0.2, 0.25) is 0 Å². The van der Waals surface area contributed by atoms with Gasteiger partial charge in [0.15, 0.2) is 6.61 Å². The maximum absolute atomic E-state index is 12.3. The fraction of sp³-hybridized carbons (Fsp3) is 0.261. The maximum atomic E-state index is 12.3. The van der Waals surface area contributed by atoms with Gasteiger partial charge in [-0.15, -0.1) is 23.1 Å². The van der Waals surface area contributed by atoms with E-state index in [1.54, 1.807) is 35.2 Å². The number of hydrogen-bond acceptors (Lipinski definition) is 6. The quantitative estimate of drug-likeness (QED) is 0.375. The largest absolute Gasteiger partial charge is 0.452 e. The van der Waals surface area contributed by atoms with Crippen molar-refractivity contribution >= 4 is 40.7 Å². The van der Waals surface area contributed by atoms with Gasteiger partial charge >= 0.3 is 5.97 Å². The van der Waals surface area contributed by atoms with Crippen LogP contribution in [-0.2, 0) is 21.7 Å². The molecule has 0 atom stereocenters. The minimum Gasteiger partial charge on any atom is -0.452 e. The summed E-state index contributed by atoms with van der Waals surface area (Å²) in [6.07, 6.45) is 0.809. The van der Waals surface area contributed by atoms with Crippen LogP contribution in [-0.4, -0.2) is 23.5 Å². The van der Waals surface area contributed by atoms with Gasteiger partial charge in [0.2, 0.25) is 0 Å². The highest BCUT2D eigenvalue weighted by molar-refractivity contribution is 7.98. The number of hydrogen-bond donors (Lipinski definition) is 1. The van der Waals surface area contributed by atoms with Crippen LogP contribution < -0.4 is 5.32 Å². The van der Waals surface area contributed by atoms with E-state index in [9.17, 15) is 9.59 Å². The molecule has 0 saturated carbocycles. The Hall–Kier alpha value is -2.64. The first-order valence-electron chi connectivity index (χ1n) is 9.65. The summed E-state index contributed by atoms with van der Waals surface area (Å²) in [6.45, 7) is 5.64. The summed E-state index contributed by atoms with van der Waals surface area (Å²) in [5, 5.41) is 5.97. The first-order valence-corrected chi connectivity index (χ1v) is 11.5. The monoisotopic (exact) mass is 440 g/mol. The van der Waals surface area contributed by atoms with Crippen molar-refractivity contribution < 1.29 is 14.3 Å². The molecule has 0 saturated heterocycles. The molecule has 7 heteroatoms. The van der Waals surface area contributed by atoms with Gasteiger partial charge in [-0.3, -0.25) is 4.79 Å². The smallest absolute Gasteiger partial charge is 0.338 e. The summed E-state index contributed by atoms with van der Waals surface area (Å²) in [5.41, 5.74) is 4.29. The fourth-order valence-electron chi connectivity index (χ4n) is 2.91. The van der Waals surface area contributed by atoms with Crippen LogP contribution in [0, 0.1) is 13.8 Å². The number of aromatic nitrogens is 1. The third kappa shape index (κ3) is 5.93. The molecular weight excluding hydrogens is 416 g/mol. The van der Waals surface area contributed by atoms with Crippen molar-refractivity contribution in [1.82, 2.24) is 4.98 Å². The molecule has 0 aliphatic heterocycles. The standard InChI is InChI=1S/C23H24N2O3S2/c1-4-17-7-5-6-15(2)22(17)25-21(26)12-28-23(27)18-8-10-20(11-9-18)30-14-19-13-29-16(3)24-19/h5-11,13H,4,12,14H2,1-3H3,(H,25,26). The molecule has 5 nitrogen and oxygen atoms in total. The van der Waals surface area contributed by atoms with E-state index in [1.165, 1.54) is 0 Å². The minimum atomic E-state index is -0.516. The van der Waals surface area contributed by atoms with E-state index in [2.05, 4.69) is 15.7 Å². The Kier molecular flexibility index (Phi) is 7.65. The second-order valence-corrected chi connectivity index (χ2v) is 8.87. The molecule has 1 heterocycles. The molecular formula is C23H24N2O3S2. The van der Waals surface area contributed by atoms with Gasteiger partial charge in [-0.1, -0.05) is 25.1 Å². The zero-order valence-electron chi connectivity index (χ0n) is 17.2. The fourth-order valence-corrected chi connectivity index (χ4v) is 4.42. The number of rotatable bonds is 8. The average Bonchev–Trinajstić information content (AvgIpc) is 3.17. The maximum Gasteiger partial charge on any atom is 0.338 e. The van der Waals surface area contributed by atoms with E-state index >= 15 is 0 Å². The highest BCUT2D eigenvalue weighted by Gasteiger charge is 2.13. The van der Waals surface area contributed by atoms with Crippen LogP contribution in [0.15, 0.2) is 52.7 Å². The molecule has 0 fully saturated rings. The van der Waals surface area contributed by atoms with Crippen LogP contribution in [0.3, 0.4) is 0 Å². The van der Waals surface area contributed by atoms with Gasteiger partial charge < -0.3 is 10.1 Å². The number of benzene rings is 2. The Morgan fingerprint density at radius 3 is 2.57 bits per heavy atom. The zero-order valence-corrected chi connectivity index (χ0v) is 18.9. The summed E-state index contributed by atoms with van der Waals surface area (Å²) in [6, 6.07) is 13.1. The van der Waals surface area contributed by atoms with Gasteiger partial charge in [0, 0.05) is 21.7 Å². The number of thioether (sulfide) groups is 1. The van der Waals surface area contributed by atoms with E-state index in [0.717, 1.165) is 44.6 Å². The third-order valence-corrected chi connectivity index (χ3v) is 6.35. The molecule has 0 aliphatic carbocycles. The number of carbonyl (C=O) groups excluding carboxylic acids is 2. The van der Waals surface area contributed by atoms with Crippen molar-refractivity contribution in [1.29, 1.82) is 0 Å². The van der Waals surface area contributed by atoms with E-state index in [-0.39, 0.29) is 12.5 Å². The van der Waals surface area contributed by atoms with Crippen molar-refractivity contribution in [3.8, 4) is 0 Å². The molecule has 0 unspecified atom stereocenters. The number of anilines is 1. The number of para-hydroxylation sites is 1. The Morgan fingerprint density at radius 2 is 1.90 bits per heavy atom. The lowest BCUT2D eigenvalue weighted by Crippen LogP contribution is -2.22. The topological polar surface area (TPSA) is 68.3 Å². The number of ether oxygens (including phenoxy) is 1. The van der Waals surface area contributed by atoms with Crippen LogP contribution in [0.1, 0.15) is 39.1 Å². The molecule has 1 aromatic heterocycles. The second-order valence-electron chi connectivity index (χ2n) is 6.76. The van der Waals surface area contributed by atoms with Crippen molar-refractivity contribution in [2.45, 2.75) is 37.8 Å². The van der Waals surface area contributed by atoms with E-state index < -0.39 is 5.97 Å². The van der Waals surface area contributed by atoms with Crippen molar-refractivity contribution in [2.75, 3.05) is 11.9 Å². The molecule has 156 valence electrons. The predicted molar refractivity (Wildman–Crippen MR) is 122 cm³/mol. The minimum absolute atomic E-state index is 0.323. The average molecular weight is 441 g/mol. The van der Waals surface area contributed by atoms with Crippen molar-refractivity contribution in [2.24, 2.45) is 0 Å². The van der Waals surface area contributed by atoms with E-state index in [0.29, 0.717) is 5.56 Å². The first-order chi connectivity index (χ1) is 14.5. The molecule has 0 bridgehead atoms. The number of aryl methyl sites for hydroxylation is 3. The molecule has 0 spiro atoms. The molecule has 0 aliphatic rings. The summed E-state index contributed by atoms with van der Waals surface area (Å²) in [4.78, 5) is 30.0. The van der Waals surface area contributed by atoms with Gasteiger partial charge in [-0.25, -0.2) is 9.78 Å². The summed E-state index contributed by atoms with van der Waals surface area (Å²) in [5.74, 6) is -0.0807. The van der Waals surface area contributed by atoms with Crippen LogP contribution >= 0.6 is 23.1 Å². The van der Waals surface area contributed by atoms with Gasteiger partial charge in [0.05, 0.1) is 16.3 Å². The number of nitrogens with zero attached hydrogens (tertiary/aromatic N) is 1. The third-order valence-electron chi connectivity index (χ3n) is 4.48. The molecule has 1 amide bonds. The zero-order chi connectivity index (χ0) is 21.5. The normalized spacial score (nSPS) is 10.6. The predicted octanol–water partition coefficient (Wildman–Crippen LogP) is 5.41. The van der Waals surface area contributed by atoms with Gasteiger partial charge in [0.1, 0.15) is 0 Å². The summed E-state index contributed by atoms with van der Waals surface area (Å²) in [7, 11) is 0. The SMILES string of the molecule is CCc1cccc(C)c1NC(=O)COC(=O)c1ccc(SCc2csc(C)n2)cc1. The number of nitrogens with one attached hydrogen (secondary N) is 1. The lowest BCUT2D eigenvalue weighted by atomic mass is 10.1. The molecule has 3 rings (SSSR count). The Labute approximate surface area is 184 Å². The van der Waals surface area contributed by atoms with Gasteiger partial charge in [-0.05, 0) is 55.7 Å². The van der Waals surface area contributed by atoms with Crippen LogP contribution in [0.25, 0.3) is 0 Å².